The van der Waals surface area contributed by atoms with E-state index in [0.29, 0.717) is 11.8 Å². The van der Waals surface area contributed by atoms with Crippen LogP contribution in [0.2, 0.25) is 0 Å². The molecule has 0 bridgehead atoms. The van der Waals surface area contributed by atoms with Crippen molar-refractivity contribution in [3.05, 3.63) is 29.8 Å². The van der Waals surface area contributed by atoms with Crippen molar-refractivity contribution in [3.8, 4) is 5.75 Å². The molecule has 1 aromatic rings. The summed E-state index contributed by atoms with van der Waals surface area (Å²) in [5.41, 5.74) is 7.05. The van der Waals surface area contributed by atoms with Crippen molar-refractivity contribution in [2.75, 3.05) is 19.4 Å². The molecule has 2 nitrogen and oxygen atoms in total. The van der Waals surface area contributed by atoms with Gasteiger partial charge in [-0.05, 0) is 18.2 Å². The maximum atomic E-state index is 5.83. The number of hydrogen-bond acceptors (Lipinski definition) is 3. The summed E-state index contributed by atoms with van der Waals surface area (Å²) in [6.07, 6.45) is 2.48. The van der Waals surface area contributed by atoms with E-state index in [2.05, 4.69) is 13.0 Å². The maximum absolute atomic E-state index is 5.83. The molecule has 0 heterocycles. The van der Waals surface area contributed by atoms with Crippen LogP contribution in [0, 0.1) is 0 Å². The SMILES string of the molecule is CCCCSC(CN)c1ccccc1OC. The molecular weight excluding hydrogens is 218 g/mol. The zero-order chi connectivity index (χ0) is 11.8. The number of hydrogen-bond donors (Lipinski definition) is 1. The Morgan fingerprint density at radius 3 is 2.75 bits per heavy atom. The van der Waals surface area contributed by atoms with Gasteiger partial charge in [0.25, 0.3) is 0 Å². The Bertz CT molecular complexity index is 304. The van der Waals surface area contributed by atoms with Gasteiger partial charge in [0.2, 0.25) is 0 Å². The summed E-state index contributed by atoms with van der Waals surface area (Å²) in [5, 5.41) is 0.350. The zero-order valence-corrected chi connectivity index (χ0v) is 10.9. The van der Waals surface area contributed by atoms with E-state index in [1.807, 2.05) is 30.0 Å². The molecule has 0 aliphatic rings. The average Bonchev–Trinajstić information content (AvgIpc) is 2.35. The highest BCUT2D eigenvalue weighted by molar-refractivity contribution is 7.99. The first-order chi connectivity index (χ1) is 7.83. The van der Waals surface area contributed by atoms with Gasteiger partial charge in [0.15, 0.2) is 0 Å². The van der Waals surface area contributed by atoms with Gasteiger partial charge in [-0.15, -0.1) is 0 Å². The van der Waals surface area contributed by atoms with Crippen molar-refractivity contribution in [2.45, 2.75) is 25.0 Å². The third kappa shape index (κ3) is 3.72. The molecule has 1 unspecified atom stereocenters. The molecule has 1 atom stereocenters. The normalized spacial score (nSPS) is 12.4. The Kier molecular flexibility index (Phi) is 6.34. The van der Waals surface area contributed by atoms with E-state index in [-0.39, 0.29) is 0 Å². The van der Waals surface area contributed by atoms with Crippen LogP contribution in [0.5, 0.6) is 5.75 Å². The number of nitrogens with two attached hydrogens (primary N) is 1. The first-order valence-electron chi connectivity index (χ1n) is 5.78. The van der Waals surface area contributed by atoms with E-state index in [4.69, 9.17) is 10.5 Å². The topological polar surface area (TPSA) is 35.2 Å². The lowest BCUT2D eigenvalue weighted by atomic mass is 10.1. The summed E-state index contributed by atoms with van der Waals surface area (Å²) in [6, 6.07) is 8.14. The number of unbranched alkanes of at least 4 members (excludes halogenated alkanes) is 1. The van der Waals surface area contributed by atoms with Crippen LogP contribution in [-0.2, 0) is 0 Å². The van der Waals surface area contributed by atoms with Gasteiger partial charge in [-0.2, -0.15) is 11.8 Å². The second-order valence-corrected chi connectivity index (χ2v) is 5.00. The number of ether oxygens (including phenoxy) is 1. The van der Waals surface area contributed by atoms with Crippen LogP contribution in [0.4, 0.5) is 0 Å². The van der Waals surface area contributed by atoms with Crippen LogP contribution in [0.1, 0.15) is 30.6 Å². The molecule has 0 fully saturated rings. The van der Waals surface area contributed by atoms with Crippen LogP contribution >= 0.6 is 11.8 Å². The van der Waals surface area contributed by atoms with E-state index in [1.54, 1.807) is 7.11 Å². The summed E-state index contributed by atoms with van der Waals surface area (Å²) in [6.45, 7) is 2.87. The molecule has 1 rings (SSSR count). The molecule has 16 heavy (non-hydrogen) atoms. The first-order valence-corrected chi connectivity index (χ1v) is 6.83. The average molecular weight is 239 g/mol. The van der Waals surface area contributed by atoms with E-state index in [0.717, 1.165) is 11.5 Å². The molecule has 0 aliphatic heterocycles. The lowest BCUT2D eigenvalue weighted by molar-refractivity contribution is 0.409. The van der Waals surface area contributed by atoms with Crippen molar-refractivity contribution in [2.24, 2.45) is 5.73 Å². The van der Waals surface area contributed by atoms with Gasteiger partial charge < -0.3 is 10.5 Å². The Labute approximate surface area is 103 Å². The summed E-state index contributed by atoms with van der Waals surface area (Å²) in [4.78, 5) is 0. The molecular formula is C13H21NOS. The fourth-order valence-electron chi connectivity index (χ4n) is 1.59. The molecule has 3 heteroatoms. The Morgan fingerprint density at radius 2 is 2.12 bits per heavy atom. The van der Waals surface area contributed by atoms with Crippen molar-refractivity contribution in [3.63, 3.8) is 0 Å². The summed E-state index contributed by atoms with van der Waals surface area (Å²) < 4.78 is 5.37. The Balaban J connectivity index is 2.69. The van der Waals surface area contributed by atoms with Gasteiger partial charge in [0.1, 0.15) is 5.75 Å². The molecule has 0 aromatic heterocycles. The minimum atomic E-state index is 0.350. The second-order valence-electron chi connectivity index (χ2n) is 3.69. The maximum Gasteiger partial charge on any atom is 0.123 e. The fourth-order valence-corrected chi connectivity index (χ4v) is 2.84. The Hall–Kier alpha value is -0.670. The predicted octanol–water partition coefficient (Wildman–Crippen LogP) is 3.23. The van der Waals surface area contributed by atoms with Gasteiger partial charge >= 0.3 is 0 Å². The monoisotopic (exact) mass is 239 g/mol. The molecule has 2 N–H and O–H groups in total. The van der Waals surface area contributed by atoms with Crippen molar-refractivity contribution in [1.29, 1.82) is 0 Å². The smallest absolute Gasteiger partial charge is 0.123 e. The number of methoxy groups -OCH3 is 1. The minimum Gasteiger partial charge on any atom is -0.496 e. The Morgan fingerprint density at radius 1 is 1.38 bits per heavy atom. The highest BCUT2D eigenvalue weighted by atomic mass is 32.2. The third-order valence-electron chi connectivity index (χ3n) is 2.52. The lowest BCUT2D eigenvalue weighted by Crippen LogP contribution is -2.11. The lowest BCUT2D eigenvalue weighted by Gasteiger charge is -2.17. The van der Waals surface area contributed by atoms with E-state index < -0.39 is 0 Å². The molecule has 0 spiro atoms. The largest absolute Gasteiger partial charge is 0.496 e. The number of benzene rings is 1. The minimum absolute atomic E-state index is 0.350. The molecule has 0 aliphatic carbocycles. The van der Waals surface area contributed by atoms with E-state index in [9.17, 15) is 0 Å². The highest BCUT2D eigenvalue weighted by Crippen LogP contribution is 2.34. The summed E-state index contributed by atoms with van der Waals surface area (Å²) in [5.74, 6) is 2.11. The molecule has 1 aromatic carbocycles. The van der Waals surface area contributed by atoms with Crippen molar-refractivity contribution >= 4 is 11.8 Å². The molecule has 0 amide bonds. The quantitative estimate of drug-likeness (QED) is 0.742. The van der Waals surface area contributed by atoms with Crippen LogP contribution in [0.25, 0.3) is 0 Å². The molecule has 0 saturated heterocycles. The third-order valence-corrected chi connectivity index (χ3v) is 3.89. The van der Waals surface area contributed by atoms with Crippen LogP contribution in [-0.4, -0.2) is 19.4 Å². The van der Waals surface area contributed by atoms with Crippen molar-refractivity contribution < 1.29 is 4.74 Å². The van der Waals surface area contributed by atoms with Gasteiger partial charge in [-0.3, -0.25) is 0 Å². The van der Waals surface area contributed by atoms with E-state index >= 15 is 0 Å². The van der Waals surface area contributed by atoms with Crippen LogP contribution < -0.4 is 10.5 Å². The summed E-state index contributed by atoms with van der Waals surface area (Å²) >= 11 is 1.92. The van der Waals surface area contributed by atoms with Crippen LogP contribution in [0.15, 0.2) is 24.3 Å². The summed E-state index contributed by atoms with van der Waals surface area (Å²) in [7, 11) is 1.71. The number of para-hydroxylation sites is 1. The van der Waals surface area contributed by atoms with Gasteiger partial charge in [0.05, 0.1) is 7.11 Å². The second kappa shape index (κ2) is 7.58. The number of rotatable bonds is 7. The molecule has 90 valence electrons. The van der Waals surface area contributed by atoms with Crippen LogP contribution in [0.3, 0.4) is 0 Å². The highest BCUT2D eigenvalue weighted by Gasteiger charge is 2.14. The standard InChI is InChI=1S/C13H21NOS/c1-3-4-9-16-13(10-14)11-7-5-6-8-12(11)15-2/h5-8,13H,3-4,9-10,14H2,1-2H3. The van der Waals surface area contributed by atoms with E-state index in [1.165, 1.54) is 18.4 Å². The predicted molar refractivity (Wildman–Crippen MR) is 72.2 cm³/mol. The zero-order valence-electron chi connectivity index (χ0n) is 10.1. The fraction of sp³-hybridized carbons (Fsp3) is 0.538. The van der Waals surface area contributed by atoms with Gasteiger partial charge in [-0.25, -0.2) is 0 Å². The first kappa shape index (κ1) is 13.4. The van der Waals surface area contributed by atoms with Gasteiger partial charge in [0, 0.05) is 17.4 Å². The van der Waals surface area contributed by atoms with Crippen molar-refractivity contribution in [1.82, 2.24) is 0 Å². The molecule has 0 saturated carbocycles. The number of thioether (sulfide) groups is 1. The van der Waals surface area contributed by atoms with Gasteiger partial charge in [-0.1, -0.05) is 31.5 Å². The molecule has 0 radical (unpaired) electrons.